The fourth-order valence-corrected chi connectivity index (χ4v) is 3.67. The minimum absolute atomic E-state index is 0.0939. The summed E-state index contributed by atoms with van der Waals surface area (Å²) in [6.07, 6.45) is 1.75. The molecule has 1 aromatic rings. The molecule has 0 fully saturated rings. The average Bonchev–Trinajstić information content (AvgIpc) is 2.60. The van der Waals surface area contributed by atoms with Crippen molar-refractivity contribution in [3.8, 4) is 0 Å². The first-order valence-electron chi connectivity index (χ1n) is 10.6. The van der Waals surface area contributed by atoms with Gasteiger partial charge in [0.2, 0.25) is 5.91 Å². The van der Waals surface area contributed by atoms with Gasteiger partial charge in [-0.2, -0.15) is 0 Å². The van der Waals surface area contributed by atoms with Crippen molar-refractivity contribution in [1.29, 1.82) is 0 Å². The highest BCUT2D eigenvalue weighted by atomic mass is 35.5. The predicted molar refractivity (Wildman–Crippen MR) is 125 cm³/mol. The molecule has 0 saturated carbocycles. The van der Waals surface area contributed by atoms with Crippen LogP contribution in [0.15, 0.2) is 41.5 Å². The maximum atomic E-state index is 13.4. The third kappa shape index (κ3) is 6.45. The van der Waals surface area contributed by atoms with E-state index in [-0.39, 0.29) is 17.1 Å². The summed E-state index contributed by atoms with van der Waals surface area (Å²) >= 11 is 6.47. The van der Waals surface area contributed by atoms with E-state index in [4.69, 9.17) is 21.1 Å². The summed E-state index contributed by atoms with van der Waals surface area (Å²) < 4.78 is 11.3. The number of hydrogen-bond donors (Lipinski definition) is 1. The molecule has 6 nitrogen and oxygen atoms in total. The number of rotatable bonds is 4. The van der Waals surface area contributed by atoms with Crippen molar-refractivity contribution in [3.63, 3.8) is 0 Å². The minimum Gasteiger partial charge on any atom is -0.457 e. The summed E-state index contributed by atoms with van der Waals surface area (Å²) in [4.78, 5) is 38.6. The third-order valence-electron chi connectivity index (χ3n) is 4.63. The molecule has 174 valence electrons. The Bertz CT molecular complexity index is 979. The lowest BCUT2D eigenvalue weighted by Crippen LogP contribution is -2.43. The van der Waals surface area contributed by atoms with Crippen LogP contribution >= 0.6 is 11.6 Å². The first kappa shape index (κ1) is 25.7. The van der Waals surface area contributed by atoms with Crippen LogP contribution in [0.1, 0.15) is 61.0 Å². The zero-order valence-electron chi connectivity index (χ0n) is 20.0. The predicted octanol–water partition coefficient (Wildman–Crippen LogP) is 4.86. The highest BCUT2D eigenvalue weighted by Gasteiger charge is 2.40. The summed E-state index contributed by atoms with van der Waals surface area (Å²) in [6.45, 7) is 13.7. The van der Waals surface area contributed by atoms with Gasteiger partial charge < -0.3 is 14.8 Å². The number of benzene rings is 1. The van der Waals surface area contributed by atoms with Crippen LogP contribution in [-0.2, 0) is 23.9 Å². The number of amides is 1. The van der Waals surface area contributed by atoms with E-state index >= 15 is 0 Å². The molecular weight excluding hydrogens is 430 g/mol. The van der Waals surface area contributed by atoms with Gasteiger partial charge in [-0.1, -0.05) is 42.8 Å². The molecular formula is C25H32ClNO5. The maximum Gasteiger partial charge on any atom is 0.339 e. The average molecular weight is 462 g/mol. The monoisotopic (exact) mass is 461 g/mol. The first-order valence-corrected chi connectivity index (χ1v) is 10.9. The van der Waals surface area contributed by atoms with Crippen molar-refractivity contribution in [2.75, 3.05) is 0 Å². The van der Waals surface area contributed by atoms with Gasteiger partial charge >= 0.3 is 11.9 Å². The highest BCUT2D eigenvalue weighted by Crippen LogP contribution is 2.40. The summed E-state index contributed by atoms with van der Waals surface area (Å²) in [5.41, 5.74) is -0.354. The molecule has 1 aromatic carbocycles. The van der Waals surface area contributed by atoms with E-state index in [0.717, 1.165) is 0 Å². The van der Waals surface area contributed by atoms with Crippen molar-refractivity contribution in [2.45, 2.75) is 72.6 Å². The number of hydrogen-bond acceptors (Lipinski definition) is 5. The highest BCUT2D eigenvalue weighted by molar-refractivity contribution is 6.33. The molecule has 0 radical (unpaired) electrons. The summed E-state index contributed by atoms with van der Waals surface area (Å²) in [5, 5.41) is 3.26. The van der Waals surface area contributed by atoms with Gasteiger partial charge in [0.25, 0.3) is 0 Å². The Hall–Kier alpha value is -2.60. The third-order valence-corrected chi connectivity index (χ3v) is 4.96. The van der Waals surface area contributed by atoms with Crippen LogP contribution in [0.3, 0.4) is 0 Å². The summed E-state index contributed by atoms with van der Waals surface area (Å²) in [5.74, 6) is -2.10. The normalized spacial score (nSPS) is 19.2. The van der Waals surface area contributed by atoms with Gasteiger partial charge in [-0.05, 0) is 53.2 Å². The van der Waals surface area contributed by atoms with Crippen molar-refractivity contribution >= 4 is 35.0 Å². The van der Waals surface area contributed by atoms with Gasteiger partial charge in [-0.25, -0.2) is 9.59 Å². The lowest BCUT2D eigenvalue weighted by atomic mass is 9.78. The lowest BCUT2D eigenvalue weighted by Gasteiger charge is -2.34. The molecule has 0 saturated heterocycles. The van der Waals surface area contributed by atoms with Gasteiger partial charge in [0.15, 0.2) is 0 Å². The molecule has 1 aliphatic rings. The van der Waals surface area contributed by atoms with Crippen LogP contribution in [-0.4, -0.2) is 35.1 Å². The van der Waals surface area contributed by atoms with Crippen molar-refractivity contribution in [1.82, 2.24) is 5.32 Å². The molecule has 0 unspecified atom stereocenters. The van der Waals surface area contributed by atoms with Crippen LogP contribution in [0.2, 0.25) is 5.02 Å². The molecule has 1 N–H and O–H groups in total. The van der Waals surface area contributed by atoms with Crippen LogP contribution in [0.4, 0.5) is 0 Å². The molecule has 0 heterocycles. The lowest BCUT2D eigenvalue weighted by molar-refractivity contribution is -0.153. The zero-order valence-corrected chi connectivity index (χ0v) is 20.7. The van der Waals surface area contributed by atoms with Crippen LogP contribution in [0.5, 0.6) is 0 Å². The smallest absolute Gasteiger partial charge is 0.339 e. The van der Waals surface area contributed by atoms with Crippen LogP contribution in [0.25, 0.3) is 5.57 Å². The molecule has 0 aliphatic heterocycles. The molecule has 2 rings (SSSR count). The van der Waals surface area contributed by atoms with Crippen LogP contribution < -0.4 is 5.32 Å². The number of ether oxygens (including phenoxy) is 2. The maximum absolute atomic E-state index is 13.4. The van der Waals surface area contributed by atoms with Crippen LogP contribution in [0, 0.1) is 5.92 Å². The van der Waals surface area contributed by atoms with Gasteiger partial charge in [-0.3, -0.25) is 4.79 Å². The second-order valence-electron chi connectivity index (χ2n) is 9.87. The standard InChI is InChI=1S/C25H32ClNO5/c1-14-19(27-15(2)28)13-17(16-11-9-10-12-18(16)26)21(23(30)32-25(6,7)8)20(14)22(29)31-24(3,4)5/h9-14,19H,1-8H3,(H,27,28)/t14-,19-/m0/s1. The second kappa shape index (κ2) is 9.49. The van der Waals surface area contributed by atoms with E-state index in [1.54, 1.807) is 78.8 Å². The molecule has 2 atom stereocenters. The molecule has 0 aromatic heterocycles. The molecule has 1 amide bonds. The molecule has 32 heavy (non-hydrogen) atoms. The van der Waals surface area contributed by atoms with Crippen molar-refractivity contribution in [2.24, 2.45) is 5.92 Å². The fraction of sp³-hybridized carbons (Fsp3) is 0.480. The Balaban J connectivity index is 2.81. The SMILES string of the molecule is CC(=O)N[C@H]1C=C(c2ccccc2Cl)C(C(=O)OC(C)(C)C)=C(C(=O)OC(C)(C)C)[C@H]1C. The van der Waals surface area contributed by atoms with Crippen molar-refractivity contribution < 1.29 is 23.9 Å². The van der Waals surface area contributed by atoms with Gasteiger partial charge in [0, 0.05) is 23.4 Å². The zero-order chi connectivity index (χ0) is 24.4. The fourth-order valence-electron chi connectivity index (χ4n) is 3.44. The topological polar surface area (TPSA) is 81.7 Å². The first-order chi connectivity index (χ1) is 14.6. The Kier molecular flexibility index (Phi) is 7.61. The number of carbonyl (C=O) groups excluding carboxylic acids is 3. The van der Waals surface area contributed by atoms with Gasteiger partial charge in [-0.15, -0.1) is 0 Å². The van der Waals surface area contributed by atoms with E-state index in [2.05, 4.69) is 5.32 Å². The largest absolute Gasteiger partial charge is 0.457 e. The van der Waals surface area contributed by atoms with Gasteiger partial charge in [0.05, 0.1) is 17.2 Å². The van der Waals surface area contributed by atoms with E-state index < -0.39 is 35.1 Å². The molecule has 1 aliphatic carbocycles. The van der Waals surface area contributed by atoms with E-state index in [0.29, 0.717) is 16.2 Å². The Labute approximate surface area is 195 Å². The number of nitrogens with one attached hydrogen (secondary N) is 1. The van der Waals surface area contributed by atoms with Crippen molar-refractivity contribution in [3.05, 3.63) is 52.1 Å². The Morgan fingerprint density at radius 2 is 1.47 bits per heavy atom. The quantitative estimate of drug-likeness (QED) is 0.647. The molecule has 0 spiro atoms. The van der Waals surface area contributed by atoms with E-state index in [1.807, 2.05) is 0 Å². The van der Waals surface area contributed by atoms with E-state index in [1.165, 1.54) is 6.92 Å². The van der Waals surface area contributed by atoms with Gasteiger partial charge in [0.1, 0.15) is 11.2 Å². The Morgan fingerprint density at radius 3 is 1.97 bits per heavy atom. The van der Waals surface area contributed by atoms with E-state index in [9.17, 15) is 14.4 Å². The molecule has 0 bridgehead atoms. The number of carbonyl (C=O) groups is 3. The molecule has 7 heteroatoms. The number of halogens is 1. The minimum atomic E-state index is -0.785. The Morgan fingerprint density at radius 1 is 0.938 bits per heavy atom. The summed E-state index contributed by atoms with van der Waals surface area (Å²) in [7, 11) is 0. The second-order valence-corrected chi connectivity index (χ2v) is 10.3. The number of esters is 2. The summed E-state index contributed by atoms with van der Waals surface area (Å²) in [6, 6.07) is 6.46.